The summed E-state index contributed by atoms with van der Waals surface area (Å²) in [4.78, 5) is 0. The first-order valence-electron chi connectivity index (χ1n) is 5.00. The van der Waals surface area contributed by atoms with Crippen LogP contribution in [0.15, 0.2) is 22.2 Å². The van der Waals surface area contributed by atoms with E-state index in [0.717, 1.165) is 30.3 Å². The van der Waals surface area contributed by atoms with E-state index in [4.69, 9.17) is 0 Å². The summed E-state index contributed by atoms with van der Waals surface area (Å²) in [6.45, 7) is 1.85. The molecular formula is C10H13N3S3. The molecule has 0 saturated heterocycles. The molecule has 2 rings (SSSR count). The van der Waals surface area contributed by atoms with Crippen LogP contribution in [-0.4, -0.2) is 21.9 Å². The van der Waals surface area contributed by atoms with Crippen LogP contribution < -0.4 is 5.32 Å². The van der Waals surface area contributed by atoms with E-state index in [9.17, 15) is 0 Å². The highest BCUT2D eigenvalue weighted by molar-refractivity contribution is 7.98. The minimum atomic E-state index is 0.829. The Balaban J connectivity index is 1.49. The normalized spacial score (nSPS) is 10.8. The van der Waals surface area contributed by atoms with E-state index in [0.29, 0.717) is 0 Å². The largest absolute Gasteiger partial charge is 0.310 e. The maximum atomic E-state index is 3.98. The van der Waals surface area contributed by atoms with Gasteiger partial charge in [0.2, 0.25) is 0 Å². The van der Waals surface area contributed by atoms with E-state index in [1.165, 1.54) is 17.1 Å². The molecule has 0 radical (unpaired) electrons. The van der Waals surface area contributed by atoms with E-state index < -0.39 is 0 Å². The van der Waals surface area contributed by atoms with Crippen LogP contribution in [0.3, 0.4) is 0 Å². The number of thioether (sulfide) groups is 1. The molecule has 16 heavy (non-hydrogen) atoms. The van der Waals surface area contributed by atoms with E-state index in [2.05, 4.69) is 31.7 Å². The van der Waals surface area contributed by atoms with Gasteiger partial charge in [-0.15, -0.1) is 5.10 Å². The van der Waals surface area contributed by atoms with Crippen molar-refractivity contribution in [3.8, 4) is 0 Å². The van der Waals surface area contributed by atoms with E-state index in [-0.39, 0.29) is 0 Å². The summed E-state index contributed by atoms with van der Waals surface area (Å²) in [5.41, 5.74) is 2.46. The second kappa shape index (κ2) is 7.01. The number of aromatic nitrogens is 2. The average molecular weight is 271 g/mol. The van der Waals surface area contributed by atoms with E-state index >= 15 is 0 Å². The molecule has 0 bridgehead atoms. The van der Waals surface area contributed by atoms with Crippen molar-refractivity contribution in [2.75, 3.05) is 12.3 Å². The van der Waals surface area contributed by atoms with Crippen LogP contribution in [0.2, 0.25) is 0 Å². The van der Waals surface area contributed by atoms with Gasteiger partial charge in [-0.2, -0.15) is 23.1 Å². The van der Waals surface area contributed by atoms with E-state index in [1.54, 1.807) is 11.3 Å². The minimum absolute atomic E-state index is 0.829. The van der Waals surface area contributed by atoms with Crippen LogP contribution in [0.5, 0.6) is 0 Å². The molecule has 0 aliphatic heterocycles. The Bertz CT molecular complexity index is 334. The van der Waals surface area contributed by atoms with Crippen LogP contribution in [-0.2, 0) is 12.3 Å². The van der Waals surface area contributed by atoms with Gasteiger partial charge in [0.05, 0.1) is 5.69 Å². The van der Waals surface area contributed by atoms with Gasteiger partial charge in [-0.25, -0.2) is 0 Å². The van der Waals surface area contributed by atoms with Crippen molar-refractivity contribution in [2.24, 2.45) is 0 Å². The van der Waals surface area contributed by atoms with Crippen LogP contribution in [0.1, 0.15) is 11.3 Å². The molecule has 0 aliphatic rings. The lowest BCUT2D eigenvalue weighted by Crippen LogP contribution is -2.16. The zero-order valence-electron chi connectivity index (χ0n) is 8.76. The van der Waals surface area contributed by atoms with Crippen molar-refractivity contribution in [1.82, 2.24) is 14.9 Å². The predicted octanol–water partition coefficient (Wildman–Crippen LogP) is 2.62. The van der Waals surface area contributed by atoms with Crippen molar-refractivity contribution in [2.45, 2.75) is 12.3 Å². The lowest BCUT2D eigenvalue weighted by molar-refractivity contribution is 0.712. The third-order valence-electron chi connectivity index (χ3n) is 1.98. The van der Waals surface area contributed by atoms with Crippen LogP contribution >= 0.6 is 34.6 Å². The highest BCUT2D eigenvalue weighted by Gasteiger charge is 1.96. The lowest BCUT2D eigenvalue weighted by Gasteiger charge is -2.01. The highest BCUT2D eigenvalue weighted by Crippen LogP contribution is 2.14. The molecular weight excluding hydrogens is 258 g/mol. The first-order chi connectivity index (χ1) is 7.95. The highest BCUT2D eigenvalue weighted by atomic mass is 32.2. The number of nitrogens with zero attached hydrogens (tertiary/aromatic N) is 2. The summed E-state index contributed by atoms with van der Waals surface area (Å²) in [5, 5.41) is 13.6. The van der Waals surface area contributed by atoms with Crippen molar-refractivity contribution >= 4 is 34.6 Å². The third-order valence-corrected chi connectivity index (χ3v) is 4.30. The molecule has 1 N–H and O–H groups in total. The van der Waals surface area contributed by atoms with Gasteiger partial charge >= 0.3 is 0 Å². The smallest absolute Gasteiger partial charge is 0.0893 e. The molecule has 2 aromatic rings. The van der Waals surface area contributed by atoms with Crippen LogP contribution in [0.4, 0.5) is 0 Å². The van der Waals surface area contributed by atoms with Gasteiger partial charge in [-0.05, 0) is 33.9 Å². The fourth-order valence-electron chi connectivity index (χ4n) is 1.19. The molecule has 2 aromatic heterocycles. The fourth-order valence-corrected chi connectivity index (χ4v) is 3.26. The Hall–Kier alpha value is -0.430. The summed E-state index contributed by atoms with van der Waals surface area (Å²) < 4.78 is 3.82. The molecule has 0 atom stereocenters. The van der Waals surface area contributed by atoms with Gasteiger partial charge in [0.25, 0.3) is 0 Å². The molecule has 0 amide bonds. The second-order valence-corrected chi connectivity index (χ2v) is 5.75. The van der Waals surface area contributed by atoms with Crippen molar-refractivity contribution in [3.63, 3.8) is 0 Å². The van der Waals surface area contributed by atoms with Crippen molar-refractivity contribution in [3.05, 3.63) is 33.5 Å². The van der Waals surface area contributed by atoms with Gasteiger partial charge in [0.1, 0.15) is 0 Å². The van der Waals surface area contributed by atoms with Gasteiger partial charge in [-0.1, -0.05) is 4.49 Å². The molecule has 0 fully saturated rings. The Morgan fingerprint density at radius 1 is 1.38 bits per heavy atom. The quantitative estimate of drug-likeness (QED) is 0.786. The Morgan fingerprint density at radius 3 is 3.12 bits per heavy atom. The molecule has 0 saturated carbocycles. The summed E-state index contributed by atoms with van der Waals surface area (Å²) in [5.74, 6) is 2.25. The average Bonchev–Trinajstić information content (AvgIpc) is 2.96. The molecule has 0 aliphatic carbocycles. The molecule has 0 spiro atoms. The Morgan fingerprint density at radius 2 is 2.38 bits per heavy atom. The second-order valence-electron chi connectivity index (χ2n) is 3.26. The third kappa shape index (κ3) is 4.21. The zero-order chi connectivity index (χ0) is 11.1. The van der Waals surface area contributed by atoms with Crippen LogP contribution in [0, 0.1) is 0 Å². The Labute approximate surface area is 107 Å². The van der Waals surface area contributed by atoms with Gasteiger partial charge in [0, 0.05) is 30.0 Å². The fraction of sp³-hybridized carbons (Fsp3) is 0.400. The number of hydrogen-bond donors (Lipinski definition) is 1. The summed E-state index contributed by atoms with van der Waals surface area (Å²) in [6.07, 6.45) is 0. The topological polar surface area (TPSA) is 37.8 Å². The monoisotopic (exact) mass is 271 g/mol. The number of hydrogen-bond acceptors (Lipinski definition) is 6. The number of thiophene rings is 1. The predicted molar refractivity (Wildman–Crippen MR) is 72.1 cm³/mol. The maximum Gasteiger partial charge on any atom is 0.0893 e. The standard InChI is InChI=1S/C10H13N3S3/c1-3-14-6-9(1)7-15-4-2-11-5-10-8-16-13-12-10/h1,3,6,8,11H,2,4-5,7H2. The number of nitrogens with one attached hydrogen (secondary N) is 1. The van der Waals surface area contributed by atoms with Crippen LogP contribution in [0.25, 0.3) is 0 Å². The first-order valence-corrected chi connectivity index (χ1v) is 7.94. The van der Waals surface area contributed by atoms with Gasteiger partial charge < -0.3 is 5.32 Å². The summed E-state index contributed by atoms with van der Waals surface area (Å²) >= 11 is 5.12. The molecule has 6 heteroatoms. The first kappa shape index (κ1) is 12.0. The minimum Gasteiger partial charge on any atom is -0.310 e. The molecule has 0 aromatic carbocycles. The van der Waals surface area contributed by atoms with Gasteiger partial charge in [0.15, 0.2) is 0 Å². The van der Waals surface area contributed by atoms with Gasteiger partial charge in [-0.3, -0.25) is 0 Å². The van der Waals surface area contributed by atoms with Crippen molar-refractivity contribution < 1.29 is 0 Å². The zero-order valence-corrected chi connectivity index (χ0v) is 11.2. The van der Waals surface area contributed by atoms with Crippen molar-refractivity contribution in [1.29, 1.82) is 0 Å². The number of rotatable bonds is 7. The molecule has 3 nitrogen and oxygen atoms in total. The Kier molecular flexibility index (Phi) is 5.27. The molecule has 86 valence electrons. The molecule has 0 unspecified atom stereocenters. The summed E-state index contributed by atoms with van der Waals surface area (Å²) in [6, 6.07) is 2.19. The maximum absolute atomic E-state index is 3.98. The van der Waals surface area contributed by atoms with E-state index in [1.807, 2.05) is 17.1 Å². The SMILES string of the molecule is c1cc(CSCCNCc2csnn2)cs1. The lowest BCUT2D eigenvalue weighted by atomic mass is 10.4. The summed E-state index contributed by atoms with van der Waals surface area (Å²) in [7, 11) is 0. The molecule has 2 heterocycles.